The van der Waals surface area contributed by atoms with Crippen LogP contribution in [-0.2, 0) is 32.4 Å². The number of carboxylic acid groups (broad SMARTS) is 1. The van der Waals surface area contributed by atoms with E-state index < -0.39 is 5.97 Å². The Morgan fingerprint density at radius 2 is 2.04 bits per heavy atom. The lowest BCUT2D eigenvalue weighted by atomic mass is 9.90. The van der Waals surface area contributed by atoms with Gasteiger partial charge in [0.15, 0.2) is 5.69 Å². The van der Waals surface area contributed by atoms with Crippen LogP contribution in [0.25, 0.3) is 0 Å². The maximum atomic E-state index is 11.6. The summed E-state index contributed by atoms with van der Waals surface area (Å²) in [6.07, 6.45) is 3.61. The normalized spacial score (nSPS) is 20.4. The number of carboxylic acids is 1. The topological polar surface area (TPSA) is 89.1 Å². The standard InChI is InChI=1S/C19H28N6O2/c1-4-25-15-6-5-13(11-14(15)17(22-25)19(26)27)23-8-7-16-20-21-18(12(2)3)24(16)10-9-23/h12-13H,4-11H2,1-3H3,(H,26,27)/t13-/m0/s1. The van der Waals surface area contributed by atoms with Crippen molar-refractivity contribution in [3.8, 4) is 0 Å². The molecule has 0 radical (unpaired) electrons. The molecule has 0 bridgehead atoms. The highest BCUT2D eigenvalue weighted by Crippen LogP contribution is 2.29. The van der Waals surface area contributed by atoms with E-state index in [9.17, 15) is 9.90 Å². The molecule has 0 fully saturated rings. The van der Waals surface area contributed by atoms with Gasteiger partial charge >= 0.3 is 5.97 Å². The van der Waals surface area contributed by atoms with Gasteiger partial charge in [0.2, 0.25) is 0 Å². The van der Waals surface area contributed by atoms with Crippen LogP contribution in [0.2, 0.25) is 0 Å². The first kappa shape index (κ1) is 18.2. The summed E-state index contributed by atoms with van der Waals surface area (Å²) in [4.78, 5) is 14.2. The summed E-state index contributed by atoms with van der Waals surface area (Å²) >= 11 is 0. The number of hydrogen-bond donors (Lipinski definition) is 1. The summed E-state index contributed by atoms with van der Waals surface area (Å²) in [5.41, 5.74) is 2.29. The van der Waals surface area contributed by atoms with Crippen LogP contribution in [0.5, 0.6) is 0 Å². The summed E-state index contributed by atoms with van der Waals surface area (Å²) in [7, 11) is 0. The molecule has 0 unspecified atom stereocenters. The van der Waals surface area contributed by atoms with E-state index in [2.05, 4.69) is 38.6 Å². The van der Waals surface area contributed by atoms with Gasteiger partial charge in [0, 0.05) is 55.8 Å². The molecule has 2 aromatic heterocycles. The highest BCUT2D eigenvalue weighted by Gasteiger charge is 2.32. The second kappa shape index (κ2) is 7.07. The highest BCUT2D eigenvalue weighted by molar-refractivity contribution is 5.87. The SMILES string of the molecule is CCn1nc(C(=O)O)c2c1CC[C@H](N1CCc3nnc(C(C)C)n3CC1)C2. The fourth-order valence-electron chi connectivity index (χ4n) is 4.57. The third-order valence-corrected chi connectivity index (χ3v) is 5.94. The minimum atomic E-state index is -0.914. The maximum absolute atomic E-state index is 11.6. The van der Waals surface area contributed by atoms with Gasteiger partial charge in [0.25, 0.3) is 0 Å². The third kappa shape index (κ3) is 3.16. The average Bonchev–Trinajstić information content (AvgIpc) is 3.16. The van der Waals surface area contributed by atoms with Crippen LogP contribution < -0.4 is 0 Å². The van der Waals surface area contributed by atoms with Gasteiger partial charge in [-0.1, -0.05) is 13.8 Å². The van der Waals surface area contributed by atoms with E-state index >= 15 is 0 Å². The van der Waals surface area contributed by atoms with E-state index in [1.54, 1.807) is 0 Å². The van der Waals surface area contributed by atoms with Crippen molar-refractivity contribution in [3.05, 3.63) is 28.6 Å². The molecule has 3 heterocycles. The molecule has 8 heteroatoms. The molecule has 0 saturated heterocycles. The van der Waals surface area contributed by atoms with Gasteiger partial charge in [-0.05, 0) is 26.2 Å². The summed E-state index contributed by atoms with van der Waals surface area (Å²) in [6, 6.07) is 0.366. The molecule has 4 rings (SSSR count). The fraction of sp³-hybridized carbons (Fsp3) is 0.684. The highest BCUT2D eigenvalue weighted by atomic mass is 16.4. The molecule has 2 aromatic rings. The Morgan fingerprint density at radius 1 is 1.22 bits per heavy atom. The Hall–Kier alpha value is -2.22. The number of hydrogen-bond acceptors (Lipinski definition) is 5. The lowest BCUT2D eigenvalue weighted by Crippen LogP contribution is -2.41. The minimum Gasteiger partial charge on any atom is -0.476 e. The molecule has 0 amide bonds. The van der Waals surface area contributed by atoms with Crippen molar-refractivity contribution in [2.75, 3.05) is 13.1 Å². The van der Waals surface area contributed by atoms with Crippen LogP contribution in [0.4, 0.5) is 0 Å². The number of carbonyl (C=O) groups is 1. The Labute approximate surface area is 159 Å². The van der Waals surface area contributed by atoms with Gasteiger partial charge in [-0.2, -0.15) is 5.10 Å². The Kier molecular flexibility index (Phi) is 4.75. The molecule has 1 N–H and O–H groups in total. The number of aromatic nitrogens is 5. The largest absolute Gasteiger partial charge is 0.476 e. The van der Waals surface area contributed by atoms with Crippen LogP contribution in [0, 0.1) is 0 Å². The molecule has 1 atom stereocenters. The third-order valence-electron chi connectivity index (χ3n) is 5.94. The number of nitrogens with zero attached hydrogens (tertiary/aromatic N) is 6. The number of aryl methyl sites for hydroxylation is 1. The van der Waals surface area contributed by atoms with E-state index in [0.29, 0.717) is 12.0 Å². The second-order valence-corrected chi connectivity index (χ2v) is 7.86. The number of fused-ring (bicyclic) bond motifs is 2. The average molecular weight is 372 g/mol. The first-order chi connectivity index (χ1) is 13.0. The number of rotatable bonds is 4. The van der Waals surface area contributed by atoms with Gasteiger partial charge < -0.3 is 9.67 Å². The lowest BCUT2D eigenvalue weighted by molar-refractivity contribution is 0.0687. The lowest BCUT2D eigenvalue weighted by Gasteiger charge is -2.33. The number of aromatic carboxylic acids is 1. The fourth-order valence-corrected chi connectivity index (χ4v) is 4.57. The molecule has 1 aliphatic heterocycles. The molecule has 0 saturated carbocycles. The van der Waals surface area contributed by atoms with Crippen molar-refractivity contribution < 1.29 is 9.90 Å². The van der Waals surface area contributed by atoms with E-state index in [0.717, 1.165) is 74.8 Å². The van der Waals surface area contributed by atoms with Gasteiger partial charge in [-0.25, -0.2) is 4.79 Å². The molecule has 146 valence electrons. The molecule has 8 nitrogen and oxygen atoms in total. The zero-order chi connectivity index (χ0) is 19.1. The molecular weight excluding hydrogens is 344 g/mol. The molecule has 0 spiro atoms. The molecule has 2 aliphatic rings. The van der Waals surface area contributed by atoms with Crippen LogP contribution in [0.3, 0.4) is 0 Å². The van der Waals surface area contributed by atoms with Crippen LogP contribution in [0.15, 0.2) is 0 Å². The van der Waals surface area contributed by atoms with E-state index in [4.69, 9.17) is 0 Å². The molecule has 1 aliphatic carbocycles. The molecule has 27 heavy (non-hydrogen) atoms. The second-order valence-electron chi connectivity index (χ2n) is 7.86. The summed E-state index contributed by atoms with van der Waals surface area (Å²) in [6.45, 7) is 9.84. The first-order valence-electron chi connectivity index (χ1n) is 9.97. The van der Waals surface area contributed by atoms with Crippen molar-refractivity contribution in [1.29, 1.82) is 0 Å². The van der Waals surface area contributed by atoms with E-state index in [-0.39, 0.29) is 5.69 Å². The van der Waals surface area contributed by atoms with Crippen molar-refractivity contribution in [1.82, 2.24) is 29.4 Å². The summed E-state index contributed by atoms with van der Waals surface area (Å²) < 4.78 is 4.14. The monoisotopic (exact) mass is 372 g/mol. The zero-order valence-corrected chi connectivity index (χ0v) is 16.4. The Bertz CT molecular complexity index is 853. The Balaban J connectivity index is 1.53. The van der Waals surface area contributed by atoms with Gasteiger partial charge in [-0.15, -0.1) is 10.2 Å². The van der Waals surface area contributed by atoms with Crippen molar-refractivity contribution >= 4 is 5.97 Å². The minimum absolute atomic E-state index is 0.241. The smallest absolute Gasteiger partial charge is 0.356 e. The van der Waals surface area contributed by atoms with Crippen LogP contribution in [0.1, 0.15) is 66.5 Å². The van der Waals surface area contributed by atoms with Crippen LogP contribution in [-0.4, -0.2) is 59.7 Å². The van der Waals surface area contributed by atoms with Crippen molar-refractivity contribution in [2.24, 2.45) is 0 Å². The Morgan fingerprint density at radius 3 is 2.74 bits per heavy atom. The van der Waals surface area contributed by atoms with Crippen molar-refractivity contribution in [3.63, 3.8) is 0 Å². The maximum Gasteiger partial charge on any atom is 0.356 e. The predicted octanol–water partition coefficient (Wildman–Crippen LogP) is 1.73. The molecule has 0 aromatic carbocycles. The van der Waals surface area contributed by atoms with E-state index in [1.807, 2.05) is 11.6 Å². The summed E-state index contributed by atoms with van der Waals surface area (Å²) in [5.74, 6) is 1.59. The zero-order valence-electron chi connectivity index (χ0n) is 16.4. The van der Waals surface area contributed by atoms with Crippen molar-refractivity contribution in [2.45, 2.75) is 71.5 Å². The summed E-state index contributed by atoms with van der Waals surface area (Å²) in [5, 5.41) is 22.7. The van der Waals surface area contributed by atoms with Gasteiger partial charge in [-0.3, -0.25) is 9.58 Å². The molecular formula is C19H28N6O2. The van der Waals surface area contributed by atoms with Crippen LogP contribution >= 0.6 is 0 Å². The quantitative estimate of drug-likeness (QED) is 0.879. The van der Waals surface area contributed by atoms with E-state index in [1.165, 1.54) is 0 Å². The van der Waals surface area contributed by atoms with Gasteiger partial charge in [0.1, 0.15) is 11.6 Å². The predicted molar refractivity (Wildman–Crippen MR) is 100 cm³/mol. The van der Waals surface area contributed by atoms with Gasteiger partial charge in [0.05, 0.1) is 0 Å². The first-order valence-corrected chi connectivity index (χ1v) is 9.97.